The zero-order valence-electron chi connectivity index (χ0n) is 35.8. The van der Waals surface area contributed by atoms with E-state index in [-0.39, 0.29) is 50.2 Å². The fraction of sp³-hybridized carbons (Fsp3) is 0.404. The molecule has 5 atom stereocenters. The van der Waals surface area contributed by atoms with Crippen LogP contribution in [-0.2, 0) is 28.9 Å². The number of rotatable bonds is 18. The summed E-state index contributed by atoms with van der Waals surface area (Å²) in [6, 6.07) is 35.0. The van der Waals surface area contributed by atoms with Gasteiger partial charge >= 0.3 is 6.03 Å². The van der Waals surface area contributed by atoms with E-state index in [1.807, 2.05) is 78.9 Å². The zero-order valence-corrected chi connectivity index (χ0v) is 36.7. The molecule has 2 fully saturated rings. The fourth-order valence-corrected chi connectivity index (χ4v) is 9.64. The molecule has 0 aliphatic carbocycles. The Kier molecular flexibility index (Phi) is 15.3. The summed E-state index contributed by atoms with van der Waals surface area (Å²) in [5.74, 6) is -0.614. The zero-order chi connectivity index (χ0) is 43.7. The molecule has 4 aromatic carbocycles. The van der Waals surface area contributed by atoms with Gasteiger partial charge in [0.25, 0.3) is 14.4 Å². The molecular weight excluding hydrogens is 796 g/mol. The first-order chi connectivity index (χ1) is 29.4. The van der Waals surface area contributed by atoms with E-state index >= 15 is 0 Å². The maximum atomic E-state index is 14.3. The Bertz CT molecular complexity index is 2060. The number of carbonyl (C=O) groups excluding carboxylic acids is 3. The third-order valence-electron chi connectivity index (χ3n) is 10.8. The number of hydrogen-bond donors (Lipinski definition) is 0. The second-order valence-corrected chi connectivity index (χ2v) is 17.0. The predicted molar refractivity (Wildman–Crippen MR) is 231 cm³/mol. The Morgan fingerprint density at radius 3 is 1.92 bits per heavy atom. The van der Waals surface area contributed by atoms with Crippen LogP contribution >= 0.6 is 8.53 Å². The molecule has 0 N–H and O–H groups in total. The molecule has 61 heavy (non-hydrogen) atoms. The number of hydrogen-bond acceptors (Lipinski definition) is 11. The molecule has 6 rings (SSSR count). The molecule has 2 saturated heterocycles. The van der Waals surface area contributed by atoms with E-state index in [1.54, 1.807) is 51.5 Å². The Labute approximate surface area is 360 Å². The number of ether oxygens (including phenoxy) is 4. The van der Waals surface area contributed by atoms with Gasteiger partial charge in [-0.25, -0.2) is 9.46 Å². The van der Waals surface area contributed by atoms with Crippen molar-refractivity contribution in [1.82, 2.24) is 14.5 Å². The Morgan fingerprint density at radius 1 is 0.852 bits per heavy atom. The van der Waals surface area contributed by atoms with E-state index in [0.717, 1.165) is 21.6 Å². The lowest BCUT2D eigenvalue weighted by Crippen LogP contribution is -2.60. The highest BCUT2D eigenvalue weighted by Crippen LogP contribution is 2.50. The van der Waals surface area contributed by atoms with Crippen LogP contribution in [0.15, 0.2) is 109 Å². The minimum atomic E-state index is -1.75. The van der Waals surface area contributed by atoms with Crippen molar-refractivity contribution in [2.75, 3.05) is 34.0 Å². The predicted octanol–water partition coefficient (Wildman–Crippen LogP) is 8.53. The average Bonchev–Trinajstić information content (AvgIpc) is 3.67. The number of nitrogens with zero attached hydrogens (tertiary/aromatic N) is 4. The number of methoxy groups -OCH3 is 2. The minimum absolute atomic E-state index is 0.0185. The average molecular weight is 851 g/mol. The molecule has 2 aliphatic rings. The van der Waals surface area contributed by atoms with E-state index in [0.29, 0.717) is 11.5 Å². The van der Waals surface area contributed by atoms with Crippen LogP contribution in [0, 0.1) is 17.2 Å². The molecule has 0 bridgehead atoms. The molecule has 0 radical (unpaired) electrons. The number of nitriles is 1. The molecule has 2 aliphatic heterocycles. The topological polar surface area (TPSA) is 140 Å². The Balaban J connectivity index is 1.42. The molecule has 2 heterocycles. The largest absolute Gasteiger partial charge is 0.497 e. The van der Waals surface area contributed by atoms with Crippen molar-refractivity contribution in [3.63, 3.8) is 0 Å². The number of carbonyl (C=O) groups is 3. The number of benzene rings is 4. The molecule has 322 valence electrons. The van der Waals surface area contributed by atoms with Crippen molar-refractivity contribution in [2.24, 2.45) is 5.92 Å². The van der Waals surface area contributed by atoms with Crippen molar-refractivity contribution in [3.8, 4) is 17.6 Å². The van der Waals surface area contributed by atoms with Crippen LogP contribution in [-0.4, -0.2) is 96.8 Å². The van der Waals surface area contributed by atoms with Crippen molar-refractivity contribution < 1.29 is 42.4 Å². The SMILES string of the molecule is COc1ccc(C(OC[C@H]2O[C@@H](N3CC(C)C(=O)N(C(=O)c4ccccc4)C3=O)C[C@@H]2OP(OCCC#N)N(C(C)C)C(C)C)(c2ccccc2)c2ccc(OC)cc2)cc1. The molecule has 2 unspecified atom stereocenters. The van der Waals surface area contributed by atoms with Crippen LogP contribution in [0.5, 0.6) is 11.5 Å². The van der Waals surface area contributed by atoms with Crippen LogP contribution in [0.2, 0.25) is 0 Å². The minimum Gasteiger partial charge on any atom is -0.497 e. The summed E-state index contributed by atoms with van der Waals surface area (Å²) < 4.78 is 40.7. The van der Waals surface area contributed by atoms with Gasteiger partial charge in [-0.2, -0.15) is 10.2 Å². The third-order valence-corrected chi connectivity index (χ3v) is 13.0. The van der Waals surface area contributed by atoms with E-state index in [2.05, 4.69) is 38.4 Å². The highest BCUT2D eigenvalue weighted by molar-refractivity contribution is 7.44. The van der Waals surface area contributed by atoms with Crippen molar-refractivity contribution in [2.45, 2.75) is 83.6 Å². The quantitative estimate of drug-likeness (QED) is 0.0412. The third kappa shape index (κ3) is 9.97. The van der Waals surface area contributed by atoms with Crippen LogP contribution < -0.4 is 9.47 Å². The first-order valence-corrected chi connectivity index (χ1v) is 21.7. The monoisotopic (exact) mass is 850 g/mol. The molecule has 4 amide bonds. The van der Waals surface area contributed by atoms with Gasteiger partial charge in [-0.15, -0.1) is 0 Å². The smallest absolute Gasteiger partial charge is 0.336 e. The lowest BCUT2D eigenvalue weighted by atomic mass is 9.80. The van der Waals surface area contributed by atoms with Crippen LogP contribution in [0.4, 0.5) is 4.79 Å². The highest BCUT2D eigenvalue weighted by Gasteiger charge is 2.50. The molecule has 13 nitrogen and oxygen atoms in total. The van der Waals surface area contributed by atoms with Gasteiger partial charge < -0.3 is 28.0 Å². The Morgan fingerprint density at radius 2 is 1.39 bits per heavy atom. The molecule has 0 saturated carbocycles. The molecule has 4 aromatic rings. The standard InChI is InChI=1S/C47H55N4O9P/c1-32(2)51(33(3)4)61(58-28-14-27-48)60-41-29-43(49-30-34(5)44(52)50(46(49)54)45(53)35-15-10-8-11-16-35)59-42(41)31-57-47(36-17-12-9-13-18-36,37-19-23-39(55-6)24-20-37)38-21-25-40(56-7)26-22-38/h8-13,15-26,32-34,41-43H,14,28-31H2,1-7H3/t34?,41-,42+,43+,61?/m0/s1. The lowest BCUT2D eigenvalue weighted by Gasteiger charge is -2.39. The van der Waals surface area contributed by atoms with Gasteiger partial charge in [0.05, 0.1) is 51.9 Å². The fourth-order valence-electron chi connectivity index (χ4n) is 7.88. The van der Waals surface area contributed by atoms with Gasteiger partial charge in [0.2, 0.25) is 5.91 Å². The van der Waals surface area contributed by atoms with Gasteiger partial charge in [-0.05, 0) is 80.8 Å². The van der Waals surface area contributed by atoms with Crippen molar-refractivity contribution >= 4 is 26.4 Å². The molecule has 14 heteroatoms. The summed E-state index contributed by atoms with van der Waals surface area (Å²) in [5.41, 5.74) is 1.51. The summed E-state index contributed by atoms with van der Waals surface area (Å²) in [6.07, 6.45) is -2.03. The van der Waals surface area contributed by atoms with Gasteiger partial charge in [-0.1, -0.05) is 79.7 Å². The van der Waals surface area contributed by atoms with Gasteiger partial charge in [0.1, 0.15) is 29.4 Å². The summed E-state index contributed by atoms with van der Waals surface area (Å²) in [5, 5.41) is 9.41. The maximum absolute atomic E-state index is 14.3. The summed E-state index contributed by atoms with van der Waals surface area (Å²) in [6.45, 7) is 10.1. The van der Waals surface area contributed by atoms with Gasteiger partial charge in [-0.3, -0.25) is 14.5 Å². The van der Waals surface area contributed by atoms with Crippen molar-refractivity contribution in [1.29, 1.82) is 5.26 Å². The first-order valence-electron chi connectivity index (χ1n) is 20.6. The van der Waals surface area contributed by atoms with Crippen LogP contribution in [0.25, 0.3) is 0 Å². The summed E-state index contributed by atoms with van der Waals surface area (Å²) in [4.78, 5) is 43.8. The summed E-state index contributed by atoms with van der Waals surface area (Å²) in [7, 11) is 1.48. The molecule has 0 spiro atoms. The maximum Gasteiger partial charge on any atom is 0.336 e. The second-order valence-electron chi connectivity index (χ2n) is 15.6. The first kappa shape index (κ1) is 45.3. The normalized spacial score (nSPS) is 20.0. The van der Waals surface area contributed by atoms with Crippen LogP contribution in [0.3, 0.4) is 0 Å². The second kappa shape index (κ2) is 20.6. The number of urea groups is 1. The van der Waals surface area contributed by atoms with Gasteiger partial charge in [0.15, 0.2) is 0 Å². The Hall–Kier alpha value is -5.19. The molecular formula is C47H55N4O9P. The van der Waals surface area contributed by atoms with Gasteiger partial charge in [0, 0.05) is 30.6 Å². The molecule has 0 aromatic heterocycles. The lowest BCUT2D eigenvalue weighted by molar-refractivity contribution is -0.138. The van der Waals surface area contributed by atoms with E-state index in [1.165, 1.54) is 4.90 Å². The van der Waals surface area contributed by atoms with Crippen LogP contribution in [0.1, 0.15) is 74.5 Å². The summed E-state index contributed by atoms with van der Waals surface area (Å²) >= 11 is 0. The van der Waals surface area contributed by atoms with E-state index in [4.69, 9.17) is 28.0 Å². The van der Waals surface area contributed by atoms with Crippen molar-refractivity contribution in [3.05, 3.63) is 131 Å². The van der Waals surface area contributed by atoms with E-state index in [9.17, 15) is 19.6 Å². The number of amides is 4. The van der Waals surface area contributed by atoms with E-state index < -0.39 is 56.3 Å². The number of imide groups is 3. The highest BCUT2D eigenvalue weighted by atomic mass is 31.2.